The van der Waals surface area contributed by atoms with Gasteiger partial charge in [0, 0.05) is 12.6 Å². The summed E-state index contributed by atoms with van der Waals surface area (Å²) in [5.41, 5.74) is 0.840. The number of aliphatic carboxylic acids is 1. The highest BCUT2D eigenvalue weighted by atomic mass is 35.5. The molecule has 0 unspecified atom stereocenters. The summed E-state index contributed by atoms with van der Waals surface area (Å²) in [5, 5.41) is 8.48. The zero-order valence-corrected chi connectivity index (χ0v) is 11.3. The third-order valence-corrected chi connectivity index (χ3v) is 2.11. The van der Waals surface area contributed by atoms with Gasteiger partial charge in [-0.2, -0.15) is 0 Å². The van der Waals surface area contributed by atoms with E-state index in [9.17, 15) is 4.79 Å². The number of nitrogens with zero attached hydrogens (tertiary/aromatic N) is 1. The first-order valence-corrected chi connectivity index (χ1v) is 5.36. The van der Waals surface area contributed by atoms with E-state index in [1.807, 2.05) is 43.3 Å². The van der Waals surface area contributed by atoms with Crippen molar-refractivity contribution in [2.45, 2.75) is 0 Å². The van der Waals surface area contributed by atoms with E-state index in [-0.39, 0.29) is 12.4 Å². The van der Waals surface area contributed by atoms with Crippen molar-refractivity contribution in [1.29, 1.82) is 0 Å². The van der Waals surface area contributed by atoms with Crippen LogP contribution in [0, 0.1) is 0 Å². The molecule has 0 aliphatic rings. The van der Waals surface area contributed by atoms with Gasteiger partial charge in [0.15, 0.2) is 0 Å². The molecule has 5 heteroatoms. The molecule has 0 aliphatic carbocycles. The normalized spacial score (nSPS) is 10.4. The van der Waals surface area contributed by atoms with Gasteiger partial charge in [0.05, 0.1) is 0 Å². The Hall–Kier alpha value is -1.52. The summed E-state index contributed by atoms with van der Waals surface area (Å²) < 4.78 is 5.52. The second kappa shape index (κ2) is 8.55. The fourth-order valence-electron chi connectivity index (χ4n) is 1.19. The predicted molar refractivity (Wildman–Crippen MR) is 74.4 cm³/mol. The molecule has 4 nitrogen and oxygen atoms in total. The number of halogens is 1. The zero-order valence-electron chi connectivity index (χ0n) is 10.5. The Balaban J connectivity index is 0.00000289. The number of ether oxygens (including phenoxy) is 1. The minimum absolute atomic E-state index is 0. The zero-order chi connectivity index (χ0) is 12.7. The van der Waals surface area contributed by atoms with Gasteiger partial charge < -0.3 is 14.7 Å². The summed E-state index contributed by atoms with van der Waals surface area (Å²) in [6, 6.07) is 7.31. The maximum atomic E-state index is 10.3. The van der Waals surface area contributed by atoms with E-state index in [2.05, 4.69) is 0 Å². The number of carboxylic acids is 1. The molecule has 0 amide bonds. The molecule has 0 atom stereocenters. The molecule has 0 fully saturated rings. The quantitative estimate of drug-likeness (QED) is 0.806. The van der Waals surface area contributed by atoms with E-state index in [1.165, 1.54) is 0 Å². The van der Waals surface area contributed by atoms with Gasteiger partial charge in [0.1, 0.15) is 12.4 Å². The molecule has 1 rings (SSSR count). The molecule has 0 aliphatic heterocycles. The smallest absolute Gasteiger partial charge is 0.328 e. The third kappa shape index (κ3) is 6.93. The SMILES string of the molecule is CN(C)CCOc1ccc(/C=C/C(=O)O)cc1.Cl. The van der Waals surface area contributed by atoms with Crippen LogP contribution in [-0.4, -0.2) is 43.2 Å². The van der Waals surface area contributed by atoms with Crippen molar-refractivity contribution in [2.24, 2.45) is 0 Å². The largest absolute Gasteiger partial charge is 0.492 e. The number of benzene rings is 1. The van der Waals surface area contributed by atoms with Crippen LogP contribution in [0.3, 0.4) is 0 Å². The van der Waals surface area contributed by atoms with Crippen LogP contribution in [0.5, 0.6) is 5.75 Å². The molecule has 0 saturated heterocycles. The van der Waals surface area contributed by atoms with Gasteiger partial charge in [-0.05, 0) is 37.9 Å². The molecule has 0 spiro atoms. The van der Waals surface area contributed by atoms with E-state index < -0.39 is 5.97 Å². The van der Waals surface area contributed by atoms with Gasteiger partial charge in [-0.15, -0.1) is 12.4 Å². The van der Waals surface area contributed by atoms with Crippen LogP contribution in [0.2, 0.25) is 0 Å². The number of rotatable bonds is 6. The molecular weight excluding hydrogens is 254 g/mol. The van der Waals surface area contributed by atoms with E-state index >= 15 is 0 Å². The first-order valence-electron chi connectivity index (χ1n) is 5.36. The van der Waals surface area contributed by atoms with E-state index in [0.717, 1.165) is 23.9 Å². The first-order chi connectivity index (χ1) is 8.08. The van der Waals surface area contributed by atoms with Crippen LogP contribution >= 0.6 is 12.4 Å². The second-order valence-electron chi connectivity index (χ2n) is 3.89. The topological polar surface area (TPSA) is 49.8 Å². The van der Waals surface area contributed by atoms with Crippen molar-refractivity contribution in [2.75, 3.05) is 27.2 Å². The second-order valence-corrected chi connectivity index (χ2v) is 3.89. The van der Waals surface area contributed by atoms with Crippen molar-refractivity contribution in [1.82, 2.24) is 4.90 Å². The number of likely N-dealkylation sites (N-methyl/N-ethyl adjacent to an activating group) is 1. The third-order valence-electron chi connectivity index (χ3n) is 2.11. The van der Waals surface area contributed by atoms with Crippen LogP contribution in [-0.2, 0) is 4.79 Å². The van der Waals surface area contributed by atoms with Crippen LogP contribution in [0.1, 0.15) is 5.56 Å². The number of carbonyl (C=O) groups is 1. The summed E-state index contributed by atoms with van der Waals surface area (Å²) in [6.07, 6.45) is 2.66. The summed E-state index contributed by atoms with van der Waals surface area (Å²) in [4.78, 5) is 12.4. The number of carboxylic acid groups (broad SMARTS) is 1. The Morgan fingerprint density at radius 2 is 1.94 bits per heavy atom. The van der Waals surface area contributed by atoms with Gasteiger partial charge in [0.25, 0.3) is 0 Å². The Morgan fingerprint density at radius 3 is 2.44 bits per heavy atom. The maximum absolute atomic E-state index is 10.3. The molecule has 0 heterocycles. The molecule has 0 radical (unpaired) electrons. The molecule has 0 saturated carbocycles. The van der Waals surface area contributed by atoms with E-state index in [1.54, 1.807) is 6.08 Å². The Morgan fingerprint density at radius 1 is 1.33 bits per heavy atom. The van der Waals surface area contributed by atoms with E-state index in [4.69, 9.17) is 9.84 Å². The lowest BCUT2D eigenvalue weighted by Crippen LogP contribution is -2.19. The van der Waals surface area contributed by atoms with Crippen molar-refractivity contribution < 1.29 is 14.6 Å². The number of hydrogen-bond donors (Lipinski definition) is 1. The van der Waals surface area contributed by atoms with Crippen LogP contribution in [0.4, 0.5) is 0 Å². The summed E-state index contributed by atoms with van der Waals surface area (Å²) in [5.74, 6) is -0.157. The highest BCUT2D eigenvalue weighted by molar-refractivity contribution is 5.85. The molecule has 1 aromatic carbocycles. The standard InChI is InChI=1S/C13H17NO3.ClH/c1-14(2)9-10-17-12-6-3-11(4-7-12)5-8-13(15)16;/h3-8H,9-10H2,1-2H3,(H,15,16);1H/b8-5+;. The molecule has 1 aromatic rings. The van der Waals surface area contributed by atoms with Gasteiger partial charge in [0.2, 0.25) is 0 Å². The monoisotopic (exact) mass is 271 g/mol. The highest BCUT2D eigenvalue weighted by Gasteiger charge is 1.95. The highest BCUT2D eigenvalue weighted by Crippen LogP contribution is 2.13. The minimum atomic E-state index is -0.948. The summed E-state index contributed by atoms with van der Waals surface area (Å²) in [7, 11) is 3.98. The fourth-order valence-corrected chi connectivity index (χ4v) is 1.19. The van der Waals surface area contributed by atoms with Crippen LogP contribution in [0.25, 0.3) is 6.08 Å². The Kier molecular flexibility index (Phi) is 7.83. The Bertz CT molecular complexity index is 388. The summed E-state index contributed by atoms with van der Waals surface area (Å²) in [6.45, 7) is 1.50. The van der Waals surface area contributed by atoms with Crippen molar-refractivity contribution in [3.8, 4) is 5.75 Å². The molecule has 100 valence electrons. The van der Waals surface area contributed by atoms with Gasteiger partial charge in [-0.3, -0.25) is 0 Å². The summed E-state index contributed by atoms with van der Waals surface area (Å²) >= 11 is 0. The predicted octanol–water partition coefficient (Wildman–Crippen LogP) is 2.15. The van der Waals surface area contributed by atoms with E-state index in [0.29, 0.717) is 6.61 Å². The van der Waals surface area contributed by atoms with Gasteiger partial charge >= 0.3 is 5.97 Å². The number of hydrogen-bond acceptors (Lipinski definition) is 3. The van der Waals surface area contributed by atoms with Crippen molar-refractivity contribution in [3.63, 3.8) is 0 Å². The maximum Gasteiger partial charge on any atom is 0.328 e. The average Bonchev–Trinajstić information content (AvgIpc) is 2.27. The molecule has 0 aromatic heterocycles. The lowest BCUT2D eigenvalue weighted by Gasteiger charge is -2.10. The van der Waals surface area contributed by atoms with Gasteiger partial charge in [-0.25, -0.2) is 4.79 Å². The van der Waals surface area contributed by atoms with Gasteiger partial charge in [-0.1, -0.05) is 12.1 Å². The average molecular weight is 272 g/mol. The van der Waals surface area contributed by atoms with Crippen molar-refractivity contribution in [3.05, 3.63) is 35.9 Å². The molecule has 18 heavy (non-hydrogen) atoms. The minimum Gasteiger partial charge on any atom is -0.492 e. The fraction of sp³-hybridized carbons (Fsp3) is 0.308. The lowest BCUT2D eigenvalue weighted by atomic mass is 10.2. The molecular formula is C13H18ClNO3. The lowest BCUT2D eigenvalue weighted by molar-refractivity contribution is -0.131. The van der Waals surface area contributed by atoms with Crippen LogP contribution in [0.15, 0.2) is 30.3 Å². The molecule has 1 N–H and O–H groups in total. The molecule has 0 bridgehead atoms. The van der Waals surface area contributed by atoms with Crippen LogP contribution < -0.4 is 4.74 Å². The Labute approximate surface area is 113 Å². The first kappa shape index (κ1) is 16.5. The van der Waals surface area contributed by atoms with Crippen molar-refractivity contribution >= 4 is 24.5 Å².